The van der Waals surface area contributed by atoms with Gasteiger partial charge >= 0.3 is 0 Å². The van der Waals surface area contributed by atoms with Crippen LogP contribution in [0.1, 0.15) is 16.8 Å². The van der Waals surface area contributed by atoms with Gasteiger partial charge in [-0.3, -0.25) is 4.79 Å². The van der Waals surface area contributed by atoms with E-state index in [0.717, 1.165) is 0 Å². The lowest BCUT2D eigenvalue weighted by Crippen LogP contribution is -2.24. The molecule has 1 aromatic rings. The van der Waals surface area contributed by atoms with Crippen molar-refractivity contribution in [2.45, 2.75) is 6.42 Å². The summed E-state index contributed by atoms with van der Waals surface area (Å²) < 4.78 is 13.4. The Labute approximate surface area is 101 Å². The second-order valence-corrected chi connectivity index (χ2v) is 4.16. The molecule has 0 aliphatic heterocycles. The monoisotopic (exact) mass is 293 g/mol. The van der Waals surface area contributed by atoms with Crippen molar-refractivity contribution in [3.63, 3.8) is 0 Å². The molecule has 82 valence electrons. The number of carbonyl (C=O) groups is 1. The van der Waals surface area contributed by atoms with Crippen molar-refractivity contribution < 1.29 is 9.18 Å². The summed E-state index contributed by atoms with van der Waals surface area (Å²) >= 11 is 8.48. The summed E-state index contributed by atoms with van der Waals surface area (Å²) in [5.74, 6) is -0.235. The highest BCUT2D eigenvalue weighted by molar-refractivity contribution is 9.10. The molecule has 0 spiro atoms. The molecule has 0 unspecified atom stereocenters. The van der Waals surface area contributed by atoms with E-state index in [1.807, 2.05) is 0 Å². The van der Waals surface area contributed by atoms with Crippen molar-refractivity contribution in [3.05, 3.63) is 34.1 Å². The van der Waals surface area contributed by atoms with Gasteiger partial charge in [0.1, 0.15) is 5.82 Å². The van der Waals surface area contributed by atoms with E-state index in [1.54, 1.807) is 6.07 Å². The molecule has 5 heteroatoms. The van der Waals surface area contributed by atoms with Crippen LogP contribution in [0.25, 0.3) is 0 Å². The number of hydrogen-bond donors (Lipinski definition) is 1. The fourth-order valence-electron chi connectivity index (χ4n) is 1.01. The van der Waals surface area contributed by atoms with E-state index >= 15 is 0 Å². The van der Waals surface area contributed by atoms with Crippen LogP contribution in [0.15, 0.2) is 22.7 Å². The van der Waals surface area contributed by atoms with Gasteiger partial charge in [-0.15, -0.1) is 11.6 Å². The van der Waals surface area contributed by atoms with E-state index in [1.165, 1.54) is 12.1 Å². The summed E-state index contributed by atoms with van der Waals surface area (Å²) in [6.07, 6.45) is 0.701. The first-order valence-electron chi connectivity index (χ1n) is 4.44. The molecule has 1 N–H and O–H groups in total. The minimum Gasteiger partial charge on any atom is -0.352 e. The molecule has 0 radical (unpaired) electrons. The zero-order chi connectivity index (χ0) is 11.3. The number of hydrogen-bond acceptors (Lipinski definition) is 1. The number of benzene rings is 1. The zero-order valence-electron chi connectivity index (χ0n) is 7.90. The van der Waals surface area contributed by atoms with E-state index in [4.69, 9.17) is 11.6 Å². The molecule has 0 aliphatic carbocycles. The van der Waals surface area contributed by atoms with Crippen LogP contribution in [0.5, 0.6) is 0 Å². The van der Waals surface area contributed by atoms with Crippen molar-refractivity contribution in [2.24, 2.45) is 0 Å². The van der Waals surface area contributed by atoms with Crippen LogP contribution in [0.2, 0.25) is 0 Å². The summed E-state index contributed by atoms with van der Waals surface area (Å²) in [6.45, 7) is 0.500. The minimum atomic E-state index is -0.444. The summed E-state index contributed by atoms with van der Waals surface area (Å²) in [6, 6.07) is 4.26. The van der Waals surface area contributed by atoms with Gasteiger partial charge in [-0.25, -0.2) is 4.39 Å². The first-order valence-corrected chi connectivity index (χ1v) is 5.77. The van der Waals surface area contributed by atoms with E-state index in [9.17, 15) is 9.18 Å². The highest BCUT2D eigenvalue weighted by Crippen LogP contribution is 2.16. The quantitative estimate of drug-likeness (QED) is 0.671. The van der Waals surface area contributed by atoms with Crippen molar-refractivity contribution in [2.75, 3.05) is 12.4 Å². The fourth-order valence-corrected chi connectivity index (χ4v) is 1.39. The Morgan fingerprint density at radius 2 is 2.27 bits per heavy atom. The third-order valence-corrected chi connectivity index (χ3v) is 2.69. The maximum atomic E-state index is 13.1. The Balaban J connectivity index is 2.62. The second kappa shape index (κ2) is 6.08. The van der Waals surface area contributed by atoms with Crippen LogP contribution >= 0.6 is 27.5 Å². The zero-order valence-corrected chi connectivity index (χ0v) is 10.2. The molecule has 0 atom stereocenters. The van der Waals surface area contributed by atoms with Gasteiger partial charge in [0.15, 0.2) is 0 Å². The smallest absolute Gasteiger partial charge is 0.251 e. The molecule has 0 bridgehead atoms. The van der Waals surface area contributed by atoms with Crippen LogP contribution in [-0.4, -0.2) is 18.3 Å². The van der Waals surface area contributed by atoms with Gasteiger partial charge < -0.3 is 5.32 Å². The Bertz CT molecular complexity index is 359. The molecule has 1 amide bonds. The molecular formula is C10H10BrClFNO. The lowest BCUT2D eigenvalue weighted by Gasteiger charge is -2.04. The van der Waals surface area contributed by atoms with Crippen molar-refractivity contribution >= 4 is 33.4 Å². The SMILES string of the molecule is O=C(NCCCCl)c1ccc(Br)c(F)c1. The predicted octanol–water partition coefficient (Wildman–Crippen LogP) is 2.95. The molecule has 2 nitrogen and oxygen atoms in total. The molecule has 0 aliphatic rings. The number of nitrogens with one attached hydrogen (secondary N) is 1. The maximum Gasteiger partial charge on any atom is 0.251 e. The summed E-state index contributed by atoms with van der Waals surface area (Å²) in [5.41, 5.74) is 0.310. The van der Waals surface area contributed by atoms with Crippen LogP contribution in [0.3, 0.4) is 0 Å². The molecule has 15 heavy (non-hydrogen) atoms. The number of carbonyl (C=O) groups excluding carboxylic acids is 1. The lowest BCUT2D eigenvalue weighted by atomic mass is 10.2. The highest BCUT2D eigenvalue weighted by Gasteiger charge is 2.07. The van der Waals surface area contributed by atoms with E-state index in [0.29, 0.717) is 28.9 Å². The van der Waals surface area contributed by atoms with Crippen molar-refractivity contribution in [3.8, 4) is 0 Å². The number of halogens is 3. The van der Waals surface area contributed by atoms with Gasteiger partial charge in [0, 0.05) is 18.0 Å². The predicted molar refractivity (Wildman–Crippen MR) is 61.8 cm³/mol. The van der Waals surface area contributed by atoms with Gasteiger partial charge in [0.25, 0.3) is 5.91 Å². The molecular weight excluding hydrogens is 284 g/mol. The van der Waals surface area contributed by atoms with E-state index < -0.39 is 5.82 Å². The van der Waals surface area contributed by atoms with E-state index in [2.05, 4.69) is 21.2 Å². The number of rotatable bonds is 4. The van der Waals surface area contributed by atoms with Gasteiger partial charge in [0.2, 0.25) is 0 Å². The minimum absolute atomic E-state index is 0.286. The number of amides is 1. The van der Waals surface area contributed by atoms with Crippen LogP contribution in [0.4, 0.5) is 4.39 Å². The maximum absolute atomic E-state index is 13.1. The molecule has 0 fully saturated rings. The molecule has 0 saturated heterocycles. The molecule has 0 heterocycles. The second-order valence-electron chi connectivity index (χ2n) is 2.93. The Morgan fingerprint density at radius 1 is 1.53 bits per heavy atom. The van der Waals surface area contributed by atoms with Gasteiger partial charge in [-0.05, 0) is 40.5 Å². The average Bonchev–Trinajstić information content (AvgIpc) is 2.22. The standard InChI is InChI=1S/C10H10BrClFNO/c11-8-3-2-7(6-9(8)13)10(15)14-5-1-4-12/h2-3,6H,1,4-5H2,(H,14,15). The first kappa shape index (κ1) is 12.5. The topological polar surface area (TPSA) is 29.1 Å². The normalized spacial score (nSPS) is 10.1. The van der Waals surface area contributed by atoms with Gasteiger partial charge in [0.05, 0.1) is 4.47 Å². The van der Waals surface area contributed by atoms with Crippen LogP contribution < -0.4 is 5.32 Å². The summed E-state index contributed by atoms with van der Waals surface area (Å²) in [4.78, 5) is 11.4. The molecule has 0 saturated carbocycles. The van der Waals surface area contributed by atoms with Crippen molar-refractivity contribution in [1.29, 1.82) is 0 Å². The van der Waals surface area contributed by atoms with Crippen LogP contribution in [0, 0.1) is 5.82 Å². The molecule has 1 aromatic carbocycles. The lowest BCUT2D eigenvalue weighted by molar-refractivity contribution is 0.0953. The van der Waals surface area contributed by atoms with Gasteiger partial charge in [-0.1, -0.05) is 0 Å². The van der Waals surface area contributed by atoms with Crippen LogP contribution in [-0.2, 0) is 0 Å². The van der Waals surface area contributed by atoms with Gasteiger partial charge in [-0.2, -0.15) is 0 Å². The Morgan fingerprint density at radius 3 is 2.87 bits per heavy atom. The Hall–Kier alpha value is -0.610. The summed E-state index contributed by atoms with van der Waals surface area (Å²) in [5, 5.41) is 2.64. The third kappa shape index (κ3) is 3.80. The highest BCUT2D eigenvalue weighted by atomic mass is 79.9. The number of alkyl halides is 1. The molecule has 1 rings (SSSR count). The van der Waals surface area contributed by atoms with E-state index in [-0.39, 0.29) is 5.91 Å². The Kier molecular flexibility index (Phi) is 5.05. The summed E-state index contributed by atoms with van der Waals surface area (Å²) in [7, 11) is 0. The third-order valence-electron chi connectivity index (χ3n) is 1.78. The first-order chi connectivity index (χ1) is 7.15. The van der Waals surface area contributed by atoms with Crippen molar-refractivity contribution in [1.82, 2.24) is 5.32 Å². The fraction of sp³-hybridized carbons (Fsp3) is 0.300. The molecule has 0 aromatic heterocycles. The average molecular weight is 295 g/mol. The largest absolute Gasteiger partial charge is 0.352 e.